The summed E-state index contributed by atoms with van der Waals surface area (Å²) in [6.45, 7) is 5.28. The van der Waals surface area contributed by atoms with Gasteiger partial charge in [0.25, 0.3) is 7.52 Å². The Bertz CT molecular complexity index is 755. The Labute approximate surface area is 149 Å². The van der Waals surface area contributed by atoms with Gasteiger partial charge in [0.05, 0.1) is 0 Å². The Morgan fingerprint density at radius 1 is 1.00 bits per heavy atom. The Balaban J connectivity index is 2.37. The van der Waals surface area contributed by atoms with E-state index in [1.54, 1.807) is 12.1 Å². The van der Waals surface area contributed by atoms with Crippen LogP contribution in [0.4, 0.5) is 24.5 Å². The SMILES string of the molecule is CC(C)c1ccc(N(c2ccc(SC(F)(F)F)cc2)P(C)(=O)O)cc1. The molecule has 0 bridgehead atoms. The molecule has 1 N–H and O–H groups in total. The fourth-order valence-electron chi connectivity index (χ4n) is 2.37. The zero-order valence-corrected chi connectivity index (χ0v) is 15.7. The van der Waals surface area contributed by atoms with Crippen LogP contribution in [0, 0.1) is 0 Å². The summed E-state index contributed by atoms with van der Waals surface area (Å²) in [5.41, 5.74) is -2.42. The molecule has 2 rings (SSSR count). The predicted molar refractivity (Wildman–Crippen MR) is 96.8 cm³/mol. The first-order chi connectivity index (χ1) is 11.5. The van der Waals surface area contributed by atoms with E-state index >= 15 is 0 Å². The van der Waals surface area contributed by atoms with Gasteiger partial charge in [0.15, 0.2) is 0 Å². The highest BCUT2D eigenvalue weighted by Crippen LogP contribution is 2.50. The molecule has 0 aliphatic rings. The van der Waals surface area contributed by atoms with Crippen LogP contribution in [0.5, 0.6) is 0 Å². The summed E-state index contributed by atoms with van der Waals surface area (Å²) in [5, 5.41) is 0. The largest absolute Gasteiger partial charge is 0.446 e. The number of nitrogens with zero attached hydrogens (tertiary/aromatic N) is 1. The number of benzene rings is 2. The molecule has 136 valence electrons. The van der Waals surface area contributed by atoms with Crippen LogP contribution < -0.4 is 4.67 Å². The first-order valence-electron chi connectivity index (χ1n) is 7.54. The van der Waals surface area contributed by atoms with Gasteiger partial charge in [-0.3, -0.25) is 9.24 Å². The van der Waals surface area contributed by atoms with Crippen LogP contribution in [0.15, 0.2) is 53.4 Å². The molecule has 0 radical (unpaired) electrons. The van der Waals surface area contributed by atoms with Gasteiger partial charge in [-0.2, -0.15) is 13.2 Å². The molecule has 0 saturated heterocycles. The number of thioether (sulfide) groups is 1. The van der Waals surface area contributed by atoms with Gasteiger partial charge < -0.3 is 4.89 Å². The third kappa shape index (κ3) is 5.53. The summed E-state index contributed by atoms with van der Waals surface area (Å²) in [4.78, 5) is 10.1. The molecular weight excluding hydrogens is 370 g/mol. The quantitative estimate of drug-likeness (QED) is 0.476. The smallest absolute Gasteiger partial charge is 0.329 e. The maximum Gasteiger partial charge on any atom is 0.446 e. The summed E-state index contributed by atoms with van der Waals surface area (Å²) in [6, 6.07) is 12.6. The summed E-state index contributed by atoms with van der Waals surface area (Å²) in [5.74, 6) is 0.323. The van der Waals surface area contributed by atoms with Gasteiger partial charge in [-0.25, -0.2) is 0 Å². The zero-order chi connectivity index (χ0) is 18.8. The Kier molecular flexibility index (Phi) is 5.92. The molecule has 8 heteroatoms. The van der Waals surface area contributed by atoms with E-state index in [0.717, 1.165) is 5.56 Å². The molecule has 25 heavy (non-hydrogen) atoms. The number of anilines is 2. The molecule has 1 unspecified atom stereocenters. The Morgan fingerprint density at radius 2 is 1.44 bits per heavy atom. The molecule has 0 aliphatic heterocycles. The molecule has 2 aromatic rings. The van der Waals surface area contributed by atoms with Crippen LogP contribution in [-0.4, -0.2) is 17.1 Å². The van der Waals surface area contributed by atoms with Crippen LogP contribution in [0.25, 0.3) is 0 Å². The molecule has 2 aromatic carbocycles. The van der Waals surface area contributed by atoms with Crippen molar-refractivity contribution in [3.8, 4) is 0 Å². The first kappa shape index (κ1) is 19.9. The van der Waals surface area contributed by atoms with E-state index in [4.69, 9.17) is 0 Å². The van der Waals surface area contributed by atoms with E-state index in [1.165, 1.54) is 35.6 Å². The second-order valence-corrected chi connectivity index (χ2v) is 9.14. The van der Waals surface area contributed by atoms with Crippen molar-refractivity contribution in [3.05, 3.63) is 54.1 Å². The van der Waals surface area contributed by atoms with Gasteiger partial charge in [0, 0.05) is 22.9 Å². The van der Waals surface area contributed by atoms with E-state index < -0.39 is 13.0 Å². The average molecular weight is 389 g/mol. The third-order valence-electron chi connectivity index (χ3n) is 3.49. The summed E-state index contributed by atoms with van der Waals surface area (Å²) < 4.78 is 50.9. The molecule has 0 aromatic heterocycles. The average Bonchev–Trinajstić information content (AvgIpc) is 2.47. The van der Waals surface area contributed by atoms with Crippen molar-refractivity contribution in [2.24, 2.45) is 0 Å². The van der Waals surface area contributed by atoms with Gasteiger partial charge in [0.1, 0.15) is 0 Å². The minimum Gasteiger partial charge on any atom is -0.329 e. The van der Waals surface area contributed by atoms with Gasteiger partial charge in [-0.05, 0) is 59.6 Å². The maximum absolute atomic E-state index is 12.4. The Morgan fingerprint density at radius 3 is 1.80 bits per heavy atom. The lowest BCUT2D eigenvalue weighted by Gasteiger charge is -2.27. The fraction of sp³-hybridized carbons (Fsp3) is 0.294. The molecular formula is C17H19F3NO2PS. The molecule has 1 atom stereocenters. The van der Waals surface area contributed by atoms with Crippen molar-refractivity contribution in [2.75, 3.05) is 11.3 Å². The van der Waals surface area contributed by atoms with E-state index in [9.17, 15) is 22.6 Å². The molecule has 0 amide bonds. The topological polar surface area (TPSA) is 40.5 Å². The van der Waals surface area contributed by atoms with Crippen LogP contribution in [0.2, 0.25) is 0 Å². The molecule has 0 heterocycles. The standard InChI is InChI=1S/C17H19F3NO2PS/c1-12(2)13-4-6-14(7-5-13)21(24(3,22)23)15-8-10-16(11-9-15)25-17(18,19)20/h4-12H,1-3H3,(H,22,23). The van der Waals surface area contributed by atoms with Crippen molar-refractivity contribution < 1.29 is 22.6 Å². The van der Waals surface area contributed by atoms with E-state index in [0.29, 0.717) is 17.3 Å². The molecule has 3 nitrogen and oxygen atoms in total. The second-order valence-electron chi connectivity index (χ2n) is 5.94. The summed E-state index contributed by atoms with van der Waals surface area (Å²) in [7, 11) is -3.71. The van der Waals surface area contributed by atoms with Crippen molar-refractivity contribution in [3.63, 3.8) is 0 Å². The maximum atomic E-state index is 12.4. The number of halogens is 3. The molecule has 0 spiro atoms. The highest BCUT2D eigenvalue weighted by molar-refractivity contribution is 8.00. The monoisotopic (exact) mass is 389 g/mol. The van der Waals surface area contributed by atoms with Crippen LogP contribution in [0.3, 0.4) is 0 Å². The van der Waals surface area contributed by atoms with Gasteiger partial charge >= 0.3 is 5.51 Å². The normalized spacial score (nSPS) is 14.4. The minimum atomic E-state index is -4.37. The van der Waals surface area contributed by atoms with Gasteiger partial charge in [0.2, 0.25) is 0 Å². The summed E-state index contributed by atoms with van der Waals surface area (Å²) >= 11 is -0.220. The van der Waals surface area contributed by atoms with Gasteiger partial charge in [-0.1, -0.05) is 26.0 Å². The third-order valence-corrected chi connectivity index (χ3v) is 5.43. The first-order valence-corrected chi connectivity index (χ1v) is 10.4. The predicted octanol–water partition coefficient (Wildman–Crippen LogP) is 6.38. The van der Waals surface area contributed by atoms with Crippen LogP contribution in [0.1, 0.15) is 25.3 Å². The zero-order valence-electron chi connectivity index (χ0n) is 14.0. The Hall–Kier alpha value is -1.43. The lowest BCUT2D eigenvalue weighted by molar-refractivity contribution is -0.0328. The van der Waals surface area contributed by atoms with E-state index in [-0.39, 0.29) is 16.7 Å². The number of hydrogen-bond donors (Lipinski definition) is 1. The molecule has 0 saturated carbocycles. The molecule has 0 aliphatic carbocycles. The highest BCUT2D eigenvalue weighted by Gasteiger charge is 2.30. The van der Waals surface area contributed by atoms with Crippen molar-refractivity contribution >= 4 is 30.7 Å². The van der Waals surface area contributed by atoms with Crippen molar-refractivity contribution in [2.45, 2.75) is 30.2 Å². The van der Waals surface area contributed by atoms with Crippen molar-refractivity contribution in [1.29, 1.82) is 0 Å². The van der Waals surface area contributed by atoms with Crippen molar-refractivity contribution in [1.82, 2.24) is 0 Å². The van der Waals surface area contributed by atoms with E-state index in [1.807, 2.05) is 26.0 Å². The lowest BCUT2D eigenvalue weighted by Crippen LogP contribution is -2.12. The van der Waals surface area contributed by atoms with Crippen LogP contribution >= 0.6 is 19.3 Å². The number of alkyl halides is 3. The lowest BCUT2D eigenvalue weighted by atomic mass is 10.0. The number of hydrogen-bond acceptors (Lipinski definition) is 2. The van der Waals surface area contributed by atoms with Crippen LogP contribution in [-0.2, 0) is 4.57 Å². The van der Waals surface area contributed by atoms with E-state index in [2.05, 4.69) is 0 Å². The highest BCUT2D eigenvalue weighted by atomic mass is 32.2. The fourth-order valence-corrected chi connectivity index (χ4v) is 4.03. The summed E-state index contributed by atoms with van der Waals surface area (Å²) in [6.07, 6.45) is 0. The molecule has 0 fully saturated rings. The van der Waals surface area contributed by atoms with Gasteiger partial charge in [-0.15, -0.1) is 0 Å². The second kappa shape index (κ2) is 7.44. The number of rotatable bonds is 5. The minimum absolute atomic E-state index is 0.0234.